The number of nitrogens with two attached hydrogens (primary N) is 1. The van der Waals surface area contributed by atoms with Gasteiger partial charge in [0.2, 0.25) is 5.78 Å². The molecule has 1 aromatic heterocycles. The molecule has 1 atom stereocenters. The topological polar surface area (TPSA) is 111 Å². The molecule has 0 fully saturated rings. The minimum Gasteiger partial charge on any atom is -0.487 e. The SMILES string of the molecule is CCC(NC(=O)c1ccc(OCc2ccccn2)c(C(F)(F)F)c1Cl)C(=O)C(N)=O. The molecule has 160 valence electrons. The molecule has 0 aliphatic heterocycles. The van der Waals surface area contributed by atoms with Crippen LogP contribution in [-0.2, 0) is 22.4 Å². The lowest BCUT2D eigenvalue weighted by atomic mass is 10.1. The highest BCUT2D eigenvalue weighted by Gasteiger charge is 2.39. The fourth-order valence-electron chi connectivity index (χ4n) is 2.51. The van der Waals surface area contributed by atoms with Crippen LogP contribution in [0.4, 0.5) is 13.2 Å². The molecule has 0 saturated carbocycles. The average molecular weight is 444 g/mol. The summed E-state index contributed by atoms with van der Waals surface area (Å²) < 4.78 is 46.1. The highest BCUT2D eigenvalue weighted by atomic mass is 35.5. The first-order valence-corrected chi connectivity index (χ1v) is 9.01. The van der Waals surface area contributed by atoms with Crippen molar-refractivity contribution in [2.75, 3.05) is 0 Å². The van der Waals surface area contributed by atoms with E-state index in [9.17, 15) is 27.6 Å². The van der Waals surface area contributed by atoms with Crippen molar-refractivity contribution in [1.82, 2.24) is 10.3 Å². The van der Waals surface area contributed by atoms with Gasteiger partial charge in [0.15, 0.2) is 0 Å². The number of aromatic nitrogens is 1. The molecule has 3 N–H and O–H groups in total. The number of primary amides is 1. The van der Waals surface area contributed by atoms with Gasteiger partial charge in [-0.15, -0.1) is 0 Å². The van der Waals surface area contributed by atoms with Crippen molar-refractivity contribution in [1.29, 1.82) is 0 Å². The van der Waals surface area contributed by atoms with Crippen LogP contribution in [0.15, 0.2) is 36.5 Å². The van der Waals surface area contributed by atoms with Crippen LogP contribution < -0.4 is 15.8 Å². The maximum atomic E-state index is 13.6. The molecular weight excluding hydrogens is 427 g/mol. The van der Waals surface area contributed by atoms with Gasteiger partial charge >= 0.3 is 6.18 Å². The van der Waals surface area contributed by atoms with Crippen LogP contribution in [-0.4, -0.2) is 28.6 Å². The number of ketones is 1. The molecule has 1 aromatic carbocycles. The van der Waals surface area contributed by atoms with Crippen molar-refractivity contribution in [2.45, 2.75) is 32.2 Å². The quantitative estimate of drug-likeness (QED) is 0.609. The van der Waals surface area contributed by atoms with Crippen LogP contribution >= 0.6 is 11.6 Å². The van der Waals surface area contributed by atoms with E-state index in [1.54, 1.807) is 18.2 Å². The number of nitrogens with one attached hydrogen (secondary N) is 1. The van der Waals surface area contributed by atoms with Crippen LogP contribution in [0, 0.1) is 0 Å². The number of ether oxygens (including phenoxy) is 1. The smallest absolute Gasteiger partial charge is 0.421 e. The van der Waals surface area contributed by atoms with Gasteiger partial charge in [-0.25, -0.2) is 0 Å². The van der Waals surface area contributed by atoms with E-state index in [1.165, 1.54) is 13.1 Å². The molecule has 0 spiro atoms. The lowest BCUT2D eigenvalue weighted by Crippen LogP contribution is -2.45. The minimum atomic E-state index is -4.93. The Hall–Kier alpha value is -3.14. The Bertz CT molecular complexity index is 952. The third-order valence-corrected chi connectivity index (χ3v) is 4.40. The number of amides is 2. The number of rotatable bonds is 8. The molecule has 0 aliphatic rings. The van der Waals surface area contributed by atoms with Crippen molar-refractivity contribution < 1.29 is 32.3 Å². The molecule has 2 aromatic rings. The lowest BCUT2D eigenvalue weighted by molar-refractivity contribution is -0.139. The summed E-state index contributed by atoms with van der Waals surface area (Å²) in [5.41, 5.74) is 3.41. The summed E-state index contributed by atoms with van der Waals surface area (Å²) in [6.07, 6.45) is -3.47. The second-order valence-electron chi connectivity index (χ2n) is 6.07. The van der Waals surface area contributed by atoms with Crippen LogP contribution in [0.2, 0.25) is 5.02 Å². The van der Waals surface area contributed by atoms with E-state index in [2.05, 4.69) is 10.3 Å². The highest BCUT2D eigenvalue weighted by Crippen LogP contribution is 2.42. The molecule has 7 nitrogen and oxygen atoms in total. The first-order valence-electron chi connectivity index (χ1n) is 8.63. The molecular formula is C19H17ClF3N3O4. The number of carbonyl (C=O) groups excluding carboxylic acids is 3. The van der Waals surface area contributed by atoms with Gasteiger partial charge in [-0.05, 0) is 30.7 Å². The average Bonchev–Trinajstić information content (AvgIpc) is 2.69. The number of benzene rings is 1. The molecule has 1 heterocycles. The van der Waals surface area contributed by atoms with Crippen molar-refractivity contribution in [3.63, 3.8) is 0 Å². The van der Waals surface area contributed by atoms with Gasteiger partial charge in [-0.2, -0.15) is 13.2 Å². The molecule has 0 saturated heterocycles. The zero-order valence-electron chi connectivity index (χ0n) is 15.6. The van der Waals surface area contributed by atoms with E-state index >= 15 is 0 Å². The predicted octanol–water partition coefficient (Wildman–Crippen LogP) is 2.90. The largest absolute Gasteiger partial charge is 0.487 e. The van der Waals surface area contributed by atoms with Gasteiger partial charge in [0, 0.05) is 6.20 Å². The molecule has 0 radical (unpaired) electrons. The highest BCUT2D eigenvalue weighted by molar-refractivity contribution is 6.38. The maximum Gasteiger partial charge on any atom is 0.421 e. The van der Waals surface area contributed by atoms with E-state index in [4.69, 9.17) is 22.1 Å². The monoisotopic (exact) mass is 443 g/mol. The Labute approximate surface area is 174 Å². The van der Waals surface area contributed by atoms with Gasteiger partial charge in [-0.1, -0.05) is 24.6 Å². The molecule has 2 rings (SSSR count). The number of carbonyl (C=O) groups is 3. The van der Waals surface area contributed by atoms with E-state index in [0.717, 1.165) is 12.1 Å². The second-order valence-corrected chi connectivity index (χ2v) is 6.45. The first kappa shape index (κ1) is 23.1. The molecule has 30 heavy (non-hydrogen) atoms. The molecule has 11 heteroatoms. The number of halogens is 4. The number of hydrogen-bond acceptors (Lipinski definition) is 5. The van der Waals surface area contributed by atoms with Crippen molar-refractivity contribution >= 4 is 29.2 Å². The van der Waals surface area contributed by atoms with Crippen LogP contribution in [0.25, 0.3) is 0 Å². The van der Waals surface area contributed by atoms with E-state index < -0.39 is 51.7 Å². The fourth-order valence-corrected chi connectivity index (χ4v) is 2.86. The van der Waals surface area contributed by atoms with Gasteiger partial charge in [-0.3, -0.25) is 19.4 Å². The predicted molar refractivity (Wildman–Crippen MR) is 101 cm³/mol. The first-order chi connectivity index (χ1) is 14.1. The summed E-state index contributed by atoms with van der Waals surface area (Å²) in [5, 5.41) is 1.27. The van der Waals surface area contributed by atoms with Gasteiger partial charge in [0.1, 0.15) is 17.9 Å². The van der Waals surface area contributed by atoms with Crippen molar-refractivity contribution in [2.24, 2.45) is 5.73 Å². The lowest BCUT2D eigenvalue weighted by Gasteiger charge is -2.19. The number of Topliss-reactive ketones (excluding diaryl/α,β-unsaturated/α-hetero) is 1. The normalized spacial score (nSPS) is 12.2. The van der Waals surface area contributed by atoms with Crippen LogP contribution in [0.5, 0.6) is 5.75 Å². The number of nitrogens with zero attached hydrogens (tertiary/aromatic N) is 1. The maximum absolute atomic E-state index is 13.6. The fraction of sp³-hybridized carbons (Fsp3) is 0.263. The van der Waals surface area contributed by atoms with Gasteiger partial charge < -0.3 is 15.8 Å². The summed E-state index contributed by atoms with van der Waals surface area (Å²) in [6.45, 7) is 1.24. The zero-order valence-corrected chi connectivity index (χ0v) is 16.4. The molecule has 2 amide bonds. The van der Waals surface area contributed by atoms with E-state index in [0.29, 0.717) is 5.69 Å². The minimum absolute atomic E-state index is 0.00251. The Kier molecular flexibility index (Phi) is 7.38. The zero-order chi connectivity index (χ0) is 22.5. The van der Waals surface area contributed by atoms with E-state index in [-0.39, 0.29) is 13.0 Å². The summed E-state index contributed by atoms with van der Waals surface area (Å²) in [7, 11) is 0. The van der Waals surface area contributed by atoms with E-state index in [1.807, 2.05) is 0 Å². The van der Waals surface area contributed by atoms with Crippen molar-refractivity contribution in [3.05, 3.63) is 58.4 Å². The Morgan fingerprint density at radius 3 is 2.47 bits per heavy atom. The molecule has 0 aliphatic carbocycles. The number of hydrogen-bond donors (Lipinski definition) is 2. The Morgan fingerprint density at radius 2 is 1.93 bits per heavy atom. The summed E-state index contributed by atoms with van der Waals surface area (Å²) in [5.74, 6) is -4.01. The summed E-state index contributed by atoms with van der Waals surface area (Å²) in [6, 6.07) is 5.54. The number of alkyl halides is 3. The third kappa shape index (κ3) is 5.47. The summed E-state index contributed by atoms with van der Waals surface area (Å²) in [4.78, 5) is 39.1. The second kappa shape index (κ2) is 9.57. The van der Waals surface area contributed by atoms with Crippen LogP contribution in [0.1, 0.15) is 35.0 Å². The Balaban J connectivity index is 2.35. The molecule has 1 unspecified atom stereocenters. The van der Waals surface area contributed by atoms with Gasteiger partial charge in [0.05, 0.1) is 22.3 Å². The standard InChI is InChI=1S/C19H17ClF3N3O4/c1-2-12(16(27)17(24)28)26-18(29)11-6-7-13(14(15(11)20)19(21,22)23)30-9-10-5-3-4-8-25-10/h3-8,12H,2,9H2,1H3,(H2,24,28)(H,26,29). The van der Waals surface area contributed by atoms with Gasteiger partial charge in [0.25, 0.3) is 11.8 Å². The van der Waals surface area contributed by atoms with Crippen molar-refractivity contribution in [3.8, 4) is 5.75 Å². The molecule has 0 bridgehead atoms. The van der Waals surface area contributed by atoms with Crippen LogP contribution in [0.3, 0.4) is 0 Å². The third-order valence-electron chi connectivity index (χ3n) is 4.01. The Morgan fingerprint density at radius 1 is 1.23 bits per heavy atom. The summed E-state index contributed by atoms with van der Waals surface area (Å²) >= 11 is 5.89. The number of pyridine rings is 1.